The third-order valence-electron chi connectivity index (χ3n) is 4.77. The van der Waals surface area contributed by atoms with Gasteiger partial charge in [0, 0.05) is 19.3 Å². The molecule has 0 fully saturated rings. The lowest BCUT2D eigenvalue weighted by atomic mass is 9.88. The molecule has 0 saturated carbocycles. The third-order valence-corrected chi connectivity index (χ3v) is 7.81. The number of rotatable bonds is 14. The molecule has 0 amide bonds. The first-order valence-electron chi connectivity index (χ1n) is 9.73. The second kappa shape index (κ2) is 10.5. The van der Waals surface area contributed by atoms with Gasteiger partial charge in [0.1, 0.15) is 6.10 Å². The van der Waals surface area contributed by atoms with Crippen LogP contribution in [0, 0.1) is 0 Å². The van der Waals surface area contributed by atoms with Gasteiger partial charge in [-0.25, -0.2) is 0 Å². The Morgan fingerprint density at radius 2 is 0.811 bits per heavy atom. The lowest BCUT2D eigenvalue weighted by Crippen LogP contribution is -2.75. The smallest absolute Gasteiger partial charge is 0.374 e. The Morgan fingerprint density at radius 3 is 1.08 bits per heavy atom. The Morgan fingerprint density at radius 1 is 0.514 bits per heavy atom. The fourth-order valence-corrected chi connectivity index (χ4v) is 4.97. The van der Waals surface area contributed by atoms with Crippen LogP contribution in [0.5, 0.6) is 0 Å². The fraction of sp³-hybridized carbons (Fsp3) is 1.00. The van der Waals surface area contributed by atoms with E-state index < -0.39 is 81.8 Å². The summed E-state index contributed by atoms with van der Waals surface area (Å²) in [5, 5.41) is 0. The molecule has 224 valence electrons. The quantitative estimate of drug-likeness (QED) is 0.151. The van der Waals surface area contributed by atoms with Crippen molar-refractivity contribution < 1.29 is 87.9 Å². The van der Waals surface area contributed by atoms with Gasteiger partial charge in [-0.1, -0.05) is 6.92 Å². The summed E-state index contributed by atoms with van der Waals surface area (Å²) in [6.45, 7) is 2.42. The molecule has 0 saturated heterocycles. The van der Waals surface area contributed by atoms with Gasteiger partial charge in [-0.05, 0) is 20.8 Å². The molecule has 1 atom stereocenters. The third kappa shape index (κ3) is 5.37. The summed E-state index contributed by atoms with van der Waals surface area (Å²) in [6.07, 6.45) is -11.5. The molecule has 0 bridgehead atoms. The minimum Gasteiger partial charge on any atom is -0.374 e. The van der Waals surface area contributed by atoms with Gasteiger partial charge in [-0.2, -0.15) is 74.6 Å². The number of halogens is 17. The van der Waals surface area contributed by atoms with E-state index in [0.29, 0.717) is 0 Å². The first-order valence-corrected chi connectivity index (χ1v) is 11.7. The molecular weight excluding hydrogens is 591 g/mol. The van der Waals surface area contributed by atoms with E-state index in [4.69, 9.17) is 8.85 Å². The summed E-state index contributed by atoms with van der Waals surface area (Å²) >= 11 is 0. The van der Waals surface area contributed by atoms with E-state index in [1.807, 2.05) is 0 Å². The topological polar surface area (TPSA) is 27.7 Å². The largest absolute Gasteiger partial charge is 0.501 e. The molecule has 0 aromatic heterocycles. The maximum atomic E-state index is 14.3. The summed E-state index contributed by atoms with van der Waals surface area (Å²) in [5.74, 6) is -57.0. The molecule has 0 aromatic rings. The van der Waals surface area contributed by atoms with Crippen molar-refractivity contribution in [1.29, 1.82) is 0 Å². The van der Waals surface area contributed by atoms with Crippen molar-refractivity contribution in [3.05, 3.63) is 0 Å². The van der Waals surface area contributed by atoms with Gasteiger partial charge in [0.15, 0.2) is 0 Å². The van der Waals surface area contributed by atoms with E-state index >= 15 is 0 Å². The van der Waals surface area contributed by atoms with Crippen LogP contribution in [0.2, 0.25) is 6.04 Å². The summed E-state index contributed by atoms with van der Waals surface area (Å²) in [7, 11) is -4.48. The second-order valence-corrected chi connectivity index (χ2v) is 10.1. The monoisotopic (exact) mass is 610 g/mol. The Labute approximate surface area is 198 Å². The van der Waals surface area contributed by atoms with E-state index in [0.717, 1.165) is 6.92 Å². The molecular formula is C16H19F17O3Si. The van der Waals surface area contributed by atoms with Crippen molar-refractivity contribution in [2.24, 2.45) is 0 Å². The van der Waals surface area contributed by atoms with E-state index in [9.17, 15) is 74.6 Å². The molecule has 0 aliphatic carbocycles. The van der Waals surface area contributed by atoms with Crippen LogP contribution in [-0.4, -0.2) is 75.8 Å². The van der Waals surface area contributed by atoms with Crippen LogP contribution in [0.25, 0.3) is 0 Å². The van der Waals surface area contributed by atoms with Crippen molar-refractivity contribution in [3.63, 3.8) is 0 Å². The van der Waals surface area contributed by atoms with Gasteiger partial charge in [0.25, 0.3) is 0 Å². The van der Waals surface area contributed by atoms with Crippen molar-refractivity contribution >= 4 is 8.80 Å². The van der Waals surface area contributed by atoms with Gasteiger partial charge >= 0.3 is 56.4 Å². The molecule has 37 heavy (non-hydrogen) atoms. The molecule has 21 heteroatoms. The standard InChI is InChI=1S/C16H19F17O3Si/c1-5-34-37(7-3,35-6-2)36-8(4)9(17,18)10(19,20)11(21,22)12(23,24)13(25,26)14(27,28)15(29,30)16(31,32)33/h8H,5-7H2,1-4H3. The normalized spacial score (nSPS) is 16.8. The molecule has 0 heterocycles. The maximum Gasteiger partial charge on any atom is 0.501 e. The lowest BCUT2D eigenvalue weighted by molar-refractivity contribution is -0.463. The zero-order valence-corrected chi connectivity index (χ0v) is 19.8. The second-order valence-electron chi connectivity index (χ2n) is 7.23. The molecule has 0 aliphatic heterocycles. The SMILES string of the molecule is CCO[Si](CC)(OCC)OC(C)C(F)(F)C(F)(F)C(F)(F)C(F)(F)C(F)(F)C(F)(F)C(F)(F)C(F)(F)F. The van der Waals surface area contributed by atoms with E-state index in [-0.39, 0.29) is 6.92 Å². The van der Waals surface area contributed by atoms with Crippen LogP contribution in [0.4, 0.5) is 74.6 Å². The molecule has 0 rings (SSSR count). The number of alkyl halides is 17. The van der Waals surface area contributed by atoms with Crippen LogP contribution in [-0.2, 0) is 13.3 Å². The highest BCUT2D eigenvalue weighted by atomic mass is 28.4. The van der Waals surface area contributed by atoms with Crippen molar-refractivity contribution in [2.75, 3.05) is 13.2 Å². The van der Waals surface area contributed by atoms with Gasteiger partial charge in [0.2, 0.25) is 0 Å². The minimum absolute atomic E-state index is 0.178. The van der Waals surface area contributed by atoms with Gasteiger partial charge in [0.05, 0.1) is 0 Å². The van der Waals surface area contributed by atoms with Crippen LogP contribution in [0.1, 0.15) is 27.7 Å². The first-order chi connectivity index (χ1) is 16.1. The summed E-state index contributed by atoms with van der Waals surface area (Å²) in [4.78, 5) is 0. The van der Waals surface area contributed by atoms with Crippen LogP contribution in [0.15, 0.2) is 0 Å². The van der Waals surface area contributed by atoms with E-state index in [1.54, 1.807) is 0 Å². The zero-order chi connectivity index (χ0) is 30.3. The van der Waals surface area contributed by atoms with E-state index in [1.165, 1.54) is 13.8 Å². The van der Waals surface area contributed by atoms with Crippen LogP contribution >= 0.6 is 0 Å². The minimum atomic E-state index is -8.68. The lowest BCUT2D eigenvalue weighted by Gasteiger charge is -2.44. The zero-order valence-electron chi connectivity index (χ0n) is 18.8. The van der Waals surface area contributed by atoms with Crippen molar-refractivity contribution in [1.82, 2.24) is 0 Å². The molecule has 1 unspecified atom stereocenters. The Bertz CT molecular complexity index is 762. The van der Waals surface area contributed by atoms with Crippen molar-refractivity contribution in [2.45, 2.75) is 87.5 Å². The summed E-state index contributed by atoms with van der Waals surface area (Å²) < 4.78 is 242. The summed E-state index contributed by atoms with van der Waals surface area (Å²) in [5.41, 5.74) is 0. The molecule has 3 nitrogen and oxygen atoms in total. The van der Waals surface area contributed by atoms with Crippen molar-refractivity contribution in [3.8, 4) is 0 Å². The number of hydrogen-bond acceptors (Lipinski definition) is 3. The average Bonchev–Trinajstić information content (AvgIpc) is 2.72. The van der Waals surface area contributed by atoms with Crippen LogP contribution < -0.4 is 0 Å². The van der Waals surface area contributed by atoms with E-state index in [2.05, 4.69) is 4.43 Å². The molecule has 0 aliphatic rings. The van der Waals surface area contributed by atoms with Gasteiger partial charge < -0.3 is 13.3 Å². The Kier molecular flexibility index (Phi) is 10.2. The predicted octanol–water partition coefficient (Wildman–Crippen LogP) is 7.43. The summed E-state index contributed by atoms with van der Waals surface area (Å²) in [6, 6.07) is -0.538. The Balaban J connectivity index is 6.75. The fourth-order valence-electron chi connectivity index (χ4n) is 2.61. The van der Waals surface area contributed by atoms with Crippen LogP contribution in [0.3, 0.4) is 0 Å². The highest BCUT2D eigenvalue weighted by molar-refractivity contribution is 6.60. The molecule has 0 radical (unpaired) electrons. The predicted molar refractivity (Wildman–Crippen MR) is 90.7 cm³/mol. The molecule has 0 spiro atoms. The highest BCUT2D eigenvalue weighted by Gasteiger charge is 2.95. The van der Waals surface area contributed by atoms with Gasteiger partial charge in [-0.3, -0.25) is 0 Å². The average molecular weight is 610 g/mol. The number of hydrogen-bond donors (Lipinski definition) is 0. The van der Waals surface area contributed by atoms with Gasteiger partial charge in [-0.15, -0.1) is 0 Å². The highest BCUT2D eigenvalue weighted by Crippen LogP contribution is 2.64. The molecule has 0 aromatic carbocycles. The Hall–Kier alpha value is -1.09. The molecule has 0 N–H and O–H groups in total. The maximum absolute atomic E-state index is 14.3. The first kappa shape index (κ1) is 35.9.